The van der Waals surface area contributed by atoms with E-state index < -0.39 is 26.7 Å². The molecule has 2 aromatic carbocycles. The molecule has 192 valence electrons. The summed E-state index contributed by atoms with van der Waals surface area (Å²) in [7, 11) is -3.71. The average Bonchev–Trinajstić information content (AvgIpc) is 3.52. The van der Waals surface area contributed by atoms with Gasteiger partial charge in [0.05, 0.1) is 31.1 Å². The maximum Gasteiger partial charge on any atom is 0.324 e. The fraction of sp³-hybridized carbons (Fsp3) is 0.174. The molecule has 4 aromatic rings. The third-order valence-corrected chi connectivity index (χ3v) is 9.28. The Hall–Kier alpha value is -3.59. The first-order valence-electron chi connectivity index (χ1n) is 10.9. The van der Waals surface area contributed by atoms with Gasteiger partial charge in [0.25, 0.3) is 5.91 Å². The van der Waals surface area contributed by atoms with Crippen molar-refractivity contribution in [3.63, 3.8) is 0 Å². The van der Waals surface area contributed by atoms with Gasteiger partial charge in [-0.25, -0.2) is 17.8 Å². The van der Waals surface area contributed by atoms with E-state index in [1.54, 1.807) is 13.8 Å². The van der Waals surface area contributed by atoms with Crippen molar-refractivity contribution in [1.82, 2.24) is 9.29 Å². The number of carbonyl (C=O) groups is 1. The van der Waals surface area contributed by atoms with Crippen LogP contribution in [0.15, 0.2) is 64.6 Å². The van der Waals surface area contributed by atoms with Crippen molar-refractivity contribution in [2.45, 2.75) is 18.7 Å². The maximum absolute atomic E-state index is 13.7. The van der Waals surface area contributed by atoms with E-state index in [4.69, 9.17) is 0 Å². The van der Waals surface area contributed by atoms with Gasteiger partial charge >= 0.3 is 5.00 Å². The predicted molar refractivity (Wildman–Crippen MR) is 142 cm³/mol. The van der Waals surface area contributed by atoms with E-state index in [1.807, 2.05) is 0 Å². The molecule has 0 radical (unpaired) electrons. The van der Waals surface area contributed by atoms with Crippen LogP contribution in [0.2, 0.25) is 0 Å². The first-order valence-corrected chi connectivity index (χ1v) is 14.0. The van der Waals surface area contributed by atoms with Crippen molar-refractivity contribution in [2.75, 3.05) is 18.1 Å². The van der Waals surface area contributed by atoms with Crippen molar-refractivity contribution in [3.8, 4) is 0 Å². The predicted octanol–water partition coefficient (Wildman–Crippen LogP) is 5.12. The normalized spacial score (nSPS) is 12.0. The third kappa shape index (κ3) is 5.56. The molecule has 14 heteroatoms. The van der Waals surface area contributed by atoms with Gasteiger partial charge in [-0.05, 0) is 48.5 Å². The molecule has 10 nitrogen and oxygen atoms in total. The molecule has 1 amide bonds. The number of anilines is 1. The number of amides is 1. The lowest BCUT2D eigenvalue weighted by atomic mass is 10.2. The third-order valence-electron chi connectivity index (χ3n) is 5.25. The van der Waals surface area contributed by atoms with E-state index in [0.717, 1.165) is 27.7 Å². The van der Waals surface area contributed by atoms with Crippen LogP contribution in [0.4, 0.5) is 14.5 Å². The van der Waals surface area contributed by atoms with Crippen LogP contribution in [-0.2, 0) is 10.0 Å². The summed E-state index contributed by atoms with van der Waals surface area (Å²) in [5.74, 6) is -1.08. The van der Waals surface area contributed by atoms with Crippen molar-refractivity contribution >= 4 is 65.2 Å². The first kappa shape index (κ1) is 26.5. The van der Waals surface area contributed by atoms with Gasteiger partial charge in [-0.2, -0.15) is 14.4 Å². The Balaban J connectivity index is 1.71. The van der Waals surface area contributed by atoms with Crippen LogP contribution < -0.4 is 5.01 Å². The van der Waals surface area contributed by atoms with Gasteiger partial charge in [0.2, 0.25) is 15.2 Å². The lowest BCUT2D eigenvalue weighted by molar-refractivity contribution is -0.380. The molecule has 0 saturated heterocycles. The molecule has 2 aromatic heterocycles. The standard InChI is InChI=1S/C23H20FN5O5S3/c1-3-27(4-2)37(33,34)18-9-5-15(6-10-18)22(30)28(25-14-17-8-12-21(35-17)29(31)32)23-26-19-11-7-16(24)13-20(19)36-23/h5-14H,3-4H2,1-2H3/b25-14+. The monoisotopic (exact) mass is 561 g/mol. The van der Waals surface area contributed by atoms with Gasteiger partial charge in [0.1, 0.15) is 5.82 Å². The van der Waals surface area contributed by atoms with Crippen LogP contribution in [0, 0.1) is 15.9 Å². The molecule has 37 heavy (non-hydrogen) atoms. The molecular formula is C23H20FN5O5S3. The molecule has 0 spiro atoms. The van der Waals surface area contributed by atoms with Crippen LogP contribution in [0.5, 0.6) is 0 Å². The zero-order chi connectivity index (χ0) is 26.7. The fourth-order valence-electron chi connectivity index (χ4n) is 3.39. The summed E-state index contributed by atoms with van der Waals surface area (Å²) in [5, 5.41) is 16.3. The lowest BCUT2D eigenvalue weighted by Crippen LogP contribution is -2.30. The number of nitro groups is 1. The van der Waals surface area contributed by atoms with Crippen molar-refractivity contribution in [3.05, 3.63) is 81.0 Å². The number of carbonyl (C=O) groups excluding carboxylic acids is 1. The van der Waals surface area contributed by atoms with Crippen molar-refractivity contribution in [2.24, 2.45) is 5.10 Å². The maximum atomic E-state index is 13.7. The Morgan fingerprint density at radius 3 is 2.43 bits per heavy atom. The van der Waals surface area contributed by atoms with E-state index >= 15 is 0 Å². The number of halogens is 1. The van der Waals surface area contributed by atoms with E-state index in [1.165, 1.54) is 65.1 Å². The van der Waals surface area contributed by atoms with E-state index in [9.17, 15) is 27.7 Å². The number of fused-ring (bicyclic) bond motifs is 1. The second-order valence-corrected chi connectivity index (χ2v) is 11.6. The number of hydrogen-bond acceptors (Lipinski definition) is 9. The number of thiazole rings is 1. The number of aromatic nitrogens is 1. The fourth-order valence-corrected chi connectivity index (χ4v) is 6.49. The molecule has 2 heterocycles. The van der Waals surface area contributed by atoms with Crippen LogP contribution >= 0.6 is 22.7 Å². The quantitative estimate of drug-likeness (QED) is 0.159. The highest BCUT2D eigenvalue weighted by Crippen LogP contribution is 2.31. The van der Waals surface area contributed by atoms with E-state index in [0.29, 0.717) is 28.2 Å². The first-order chi connectivity index (χ1) is 17.6. The van der Waals surface area contributed by atoms with Crippen molar-refractivity contribution in [1.29, 1.82) is 0 Å². The summed E-state index contributed by atoms with van der Waals surface area (Å²) in [6, 6.07) is 12.3. The molecule has 0 aliphatic heterocycles. The van der Waals surface area contributed by atoms with Crippen LogP contribution in [0.3, 0.4) is 0 Å². The van der Waals surface area contributed by atoms with Gasteiger partial charge < -0.3 is 0 Å². The summed E-state index contributed by atoms with van der Waals surface area (Å²) in [6.45, 7) is 4.09. The number of nitrogens with zero attached hydrogens (tertiary/aromatic N) is 5. The minimum atomic E-state index is -3.71. The smallest absolute Gasteiger partial charge is 0.267 e. The van der Waals surface area contributed by atoms with Crippen molar-refractivity contribution < 1.29 is 22.5 Å². The number of hydrazone groups is 1. The summed E-state index contributed by atoms with van der Waals surface area (Å²) in [4.78, 5) is 28.8. The van der Waals surface area contributed by atoms with Crippen LogP contribution in [0.25, 0.3) is 10.2 Å². The Morgan fingerprint density at radius 1 is 1.11 bits per heavy atom. The molecule has 0 aliphatic carbocycles. The average molecular weight is 562 g/mol. The molecular weight excluding hydrogens is 541 g/mol. The molecule has 0 aliphatic rings. The highest BCUT2D eigenvalue weighted by molar-refractivity contribution is 7.89. The van der Waals surface area contributed by atoms with Gasteiger partial charge in [0.15, 0.2) is 0 Å². The number of sulfonamides is 1. The summed E-state index contributed by atoms with van der Waals surface area (Å²) >= 11 is 1.92. The minimum Gasteiger partial charge on any atom is -0.267 e. The van der Waals surface area contributed by atoms with Gasteiger partial charge in [-0.15, -0.1) is 0 Å². The van der Waals surface area contributed by atoms with Crippen LogP contribution in [-0.4, -0.2) is 47.8 Å². The Bertz CT molecular complexity index is 1590. The number of hydrogen-bond donors (Lipinski definition) is 0. The highest BCUT2D eigenvalue weighted by Gasteiger charge is 2.25. The Morgan fingerprint density at radius 2 is 1.81 bits per heavy atom. The van der Waals surface area contributed by atoms with Gasteiger partial charge in [-0.1, -0.05) is 36.5 Å². The van der Waals surface area contributed by atoms with Gasteiger partial charge in [0, 0.05) is 24.7 Å². The Labute approximate surface area is 219 Å². The highest BCUT2D eigenvalue weighted by atomic mass is 32.2. The summed E-state index contributed by atoms with van der Waals surface area (Å²) in [6.07, 6.45) is 1.29. The molecule has 4 rings (SSSR count). The zero-order valence-corrected chi connectivity index (χ0v) is 22.0. The van der Waals surface area contributed by atoms with E-state index in [2.05, 4.69) is 10.1 Å². The molecule has 0 unspecified atom stereocenters. The zero-order valence-electron chi connectivity index (χ0n) is 19.6. The van der Waals surface area contributed by atoms with Crippen LogP contribution in [0.1, 0.15) is 29.1 Å². The largest absolute Gasteiger partial charge is 0.324 e. The second-order valence-electron chi connectivity index (χ2n) is 7.52. The molecule has 0 bridgehead atoms. The topological polar surface area (TPSA) is 126 Å². The lowest BCUT2D eigenvalue weighted by Gasteiger charge is -2.19. The minimum absolute atomic E-state index is 0.0455. The molecule has 0 atom stereocenters. The Kier molecular flexibility index (Phi) is 7.73. The molecule has 0 N–H and O–H groups in total. The summed E-state index contributed by atoms with van der Waals surface area (Å²) < 4.78 is 41.1. The number of thiophene rings is 1. The SMILES string of the molecule is CCN(CC)S(=O)(=O)c1ccc(C(=O)N(/N=C/c2ccc([N+](=O)[O-])s2)c2nc3ccc(F)cc3s2)cc1. The molecule has 0 saturated carbocycles. The molecule has 0 fully saturated rings. The second kappa shape index (κ2) is 10.8. The number of benzene rings is 2. The summed E-state index contributed by atoms with van der Waals surface area (Å²) in [5.41, 5.74) is 0.597. The van der Waals surface area contributed by atoms with Gasteiger partial charge in [-0.3, -0.25) is 14.9 Å². The van der Waals surface area contributed by atoms with E-state index in [-0.39, 0.29) is 20.6 Å². The number of rotatable bonds is 9.